The van der Waals surface area contributed by atoms with Gasteiger partial charge in [0.25, 0.3) is 5.56 Å². The van der Waals surface area contributed by atoms with E-state index in [-0.39, 0.29) is 23.6 Å². The predicted octanol–water partition coefficient (Wildman–Crippen LogP) is 1.88. The van der Waals surface area contributed by atoms with Crippen LogP contribution in [0.1, 0.15) is 29.8 Å². The molecule has 1 aromatic carbocycles. The molecule has 6 heteroatoms. The summed E-state index contributed by atoms with van der Waals surface area (Å²) in [5.74, 6) is -1.15. The second kappa shape index (κ2) is 6.64. The Morgan fingerprint density at radius 2 is 1.83 bits per heavy atom. The molecule has 0 atom stereocenters. The quantitative estimate of drug-likeness (QED) is 0.913. The summed E-state index contributed by atoms with van der Waals surface area (Å²) in [5.41, 5.74) is 1.15. The van der Waals surface area contributed by atoms with Crippen LogP contribution in [0, 0.1) is 6.92 Å². The third-order valence-electron chi connectivity index (χ3n) is 3.93. The zero-order valence-corrected chi connectivity index (χ0v) is 13.5. The smallest absolute Gasteiger partial charge is 0.335 e. The molecule has 1 amide bonds. The van der Waals surface area contributed by atoms with Crippen LogP contribution in [0.4, 0.5) is 0 Å². The number of pyridine rings is 1. The molecule has 0 radical (unpaired) electrons. The fraction of sp³-hybridized carbons (Fsp3) is 0.353. The molecule has 0 bridgehead atoms. The summed E-state index contributed by atoms with van der Waals surface area (Å²) in [4.78, 5) is 37.4. The summed E-state index contributed by atoms with van der Waals surface area (Å²) in [7, 11) is 0. The Morgan fingerprint density at radius 3 is 2.39 bits per heavy atom. The monoisotopic (exact) mass is 316 g/mol. The molecule has 0 saturated carbocycles. The molecule has 23 heavy (non-hydrogen) atoms. The van der Waals surface area contributed by atoms with E-state index in [2.05, 4.69) is 0 Å². The maximum Gasteiger partial charge on any atom is 0.335 e. The van der Waals surface area contributed by atoms with Crippen LogP contribution in [-0.4, -0.2) is 39.5 Å². The lowest BCUT2D eigenvalue weighted by Gasteiger charge is -2.20. The van der Waals surface area contributed by atoms with Gasteiger partial charge < -0.3 is 10.0 Å². The fourth-order valence-corrected chi connectivity index (χ4v) is 2.76. The van der Waals surface area contributed by atoms with Crippen molar-refractivity contribution < 1.29 is 14.7 Å². The van der Waals surface area contributed by atoms with Gasteiger partial charge in [-0.25, -0.2) is 4.79 Å². The number of nitrogens with zero attached hydrogens (tertiary/aromatic N) is 2. The van der Waals surface area contributed by atoms with E-state index < -0.39 is 5.97 Å². The van der Waals surface area contributed by atoms with Crippen molar-refractivity contribution >= 4 is 22.8 Å². The second-order valence-corrected chi connectivity index (χ2v) is 5.36. The summed E-state index contributed by atoms with van der Waals surface area (Å²) in [6.45, 7) is 6.63. The van der Waals surface area contributed by atoms with Gasteiger partial charge in [0.1, 0.15) is 6.54 Å². The van der Waals surface area contributed by atoms with Crippen LogP contribution >= 0.6 is 0 Å². The maximum absolute atomic E-state index is 12.3. The summed E-state index contributed by atoms with van der Waals surface area (Å²) in [6, 6.07) is 5.99. The van der Waals surface area contributed by atoms with Crippen molar-refractivity contribution in [2.24, 2.45) is 0 Å². The number of likely N-dealkylation sites (N-methyl/N-ethyl adjacent to an activating group) is 1. The third kappa shape index (κ3) is 3.26. The number of rotatable bonds is 5. The molecule has 0 spiro atoms. The van der Waals surface area contributed by atoms with E-state index in [0.717, 1.165) is 0 Å². The summed E-state index contributed by atoms with van der Waals surface area (Å²) >= 11 is 0. The number of amides is 1. The van der Waals surface area contributed by atoms with Gasteiger partial charge in [0, 0.05) is 19.2 Å². The van der Waals surface area contributed by atoms with Gasteiger partial charge >= 0.3 is 5.97 Å². The highest BCUT2D eigenvalue weighted by Crippen LogP contribution is 2.19. The Kier molecular flexibility index (Phi) is 4.83. The number of carbonyl (C=O) groups is 2. The normalized spacial score (nSPS) is 10.7. The molecule has 0 aliphatic rings. The maximum atomic E-state index is 12.3. The first kappa shape index (κ1) is 16.7. The van der Waals surface area contributed by atoms with Crippen molar-refractivity contribution in [3.63, 3.8) is 0 Å². The Balaban J connectivity index is 2.59. The average molecular weight is 316 g/mol. The van der Waals surface area contributed by atoms with Crippen LogP contribution in [-0.2, 0) is 11.3 Å². The molecule has 0 fully saturated rings. The molecule has 0 aliphatic heterocycles. The molecule has 2 aromatic rings. The van der Waals surface area contributed by atoms with Crippen LogP contribution in [0.2, 0.25) is 0 Å². The van der Waals surface area contributed by atoms with Crippen molar-refractivity contribution in [1.29, 1.82) is 0 Å². The molecule has 1 N–H and O–H groups in total. The Hall–Kier alpha value is -2.63. The molecular formula is C17H20N2O4. The first-order valence-corrected chi connectivity index (χ1v) is 7.54. The lowest BCUT2D eigenvalue weighted by molar-refractivity contribution is -0.131. The molecular weight excluding hydrogens is 296 g/mol. The van der Waals surface area contributed by atoms with Gasteiger partial charge in [-0.05, 0) is 49.9 Å². The number of hydrogen-bond acceptors (Lipinski definition) is 3. The molecule has 2 rings (SSSR count). The van der Waals surface area contributed by atoms with Gasteiger partial charge in [0.05, 0.1) is 11.1 Å². The van der Waals surface area contributed by atoms with Crippen LogP contribution in [0.5, 0.6) is 0 Å². The number of aryl methyl sites for hydroxylation is 1. The lowest BCUT2D eigenvalue weighted by Crippen LogP contribution is -2.36. The Morgan fingerprint density at radius 1 is 1.17 bits per heavy atom. The Labute approximate surface area is 134 Å². The van der Waals surface area contributed by atoms with Crippen molar-refractivity contribution in [2.45, 2.75) is 27.3 Å². The highest BCUT2D eigenvalue weighted by atomic mass is 16.4. The summed E-state index contributed by atoms with van der Waals surface area (Å²) in [5, 5.41) is 9.78. The molecule has 0 unspecified atom stereocenters. The van der Waals surface area contributed by atoms with Crippen LogP contribution in [0.25, 0.3) is 10.9 Å². The lowest BCUT2D eigenvalue weighted by atomic mass is 10.1. The van der Waals surface area contributed by atoms with Gasteiger partial charge in [-0.2, -0.15) is 0 Å². The predicted molar refractivity (Wildman–Crippen MR) is 87.8 cm³/mol. The number of carbonyl (C=O) groups excluding carboxylic acids is 1. The number of hydrogen-bond donors (Lipinski definition) is 1. The van der Waals surface area contributed by atoms with Crippen LogP contribution in [0.15, 0.2) is 29.1 Å². The molecule has 0 aliphatic carbocycles. The number of aromatic nitrogens is 1. The number of aromatic carboxylic acids is 1. The Bertz CT molecular complexity index is 819. The standard InChI is InChI=1S/C17H20N2O4/c1-4-18(5-2)15(21)10-19-14(20)7-6-12-9-13(17(22)23)8-11(3)16(12)19/h6-9H,4-5,10H2,1-3H3,(H,22,23). The number of benzene rings is 1. The van der Waals surface area contributed by atoms with E-state index in [0.29, 0.717) is 29.6 Å². The van der Waals surface area contributed by atoms with E-state index in [9.17, 15) is 14.4 Å². The number of fused-ring (bicyclic) bond motifs is 1. The minimum absolute atomic E-state index is 0.0505. The van der Waals surface area contributed by atoms with Gasteiger partial charge in [-0.1, -0.05) is 0 Å². The fourth-order valence-electron chi connectivity index (χ4n) is 2.76. The topological polar surface area (TPSA) is 79.6 Å². The van der Waals surface area contributed by atoms with Crippen LogP contribution in [0.3, 0.4) is 0 Å². The first-order valence-electron chi connectivity index (χ1n) is 7.54. The second-order valence-electron chi connectivity index (χ2n) is 5.36. The minimum atomic E-state index is -1.02. The first-order chi connectivity index (χ1) is 10.9. The zero-order valence-electron chi connectivity index (χ0n) is 13.5. The largest absolute Gasteiger partial charge is 0.478 e. The van der Waals surface area contributed by atoms with E-state index in [1.165, 1.54) is 22.8 Å². The molecule has 1 aromatic heterocycles. The molecule has 0 saturated heterocycles. The highest BCUT2D eigenvalue weighted by molar-refractivity contribution is 5.95. The molecule has 6 nitrogen and oxygen atoms in total. The highest BCUT2D eigenvalue weighted by Gasteiger charge is 2.15. The molecule has 1 heterocycles. The van der Waals surface area contributed by atoms with Gasteiger partial charge in [-0.15, -0.1) is 0 Å². The van der Waals surface area contributed by atoms with E-state index in [1.807, 2.05) is 13.8 Å². The summed E-state index contributed by atoms with van der Waals surface area (Å²) < 4.78 is 1.41. The van der Waals surface area contributed by atoms with Crippen molar-refractivity contribution in [3.8, 4) is 0 Å². The van der Waals surface area contributed by atoms with Gasteiger partial charge in [0.2, 0.25) is 5.91 Å². The van der Waals surface area contributed by atoms with E-state index >= 15 is 0 Å². The summed E-state index contributed by atoms with van der Waals surface area (Å²) in [6.07, 6.45) is 0. The van der Waals surface area contributed by atoms with Crippen LogP contribution < -0.4 is 5.56 Å². The minimum Gasteiger partial charge on any atom is -0.478 e. The van der Waals surface area contributed by atoms with Crippen molar-refractivity contribution in [3.05, 3.63) is 45.7 Å². The SMILES string of the molecule is CCN(CC)C(=O)Cn1c(=O)ccc2cc(C(=O)O)cc(C)c21. The third-order valence-corrected chi connectivity index (χ3v) is 3.93. The zero-order chi connectivity index (χ0) is 17.1. The average Bonchev–Trinajstić information content (AvgIpc) is 2.51. The van der Waals surface area contributed by atoms with Gasteiger partial charge in [0.15, 0.2) is 0 Å². The van der Waals surface area contributed by atoms with Gasteiger partial charge in [-0.3, -0.25) is 14.2 Å². The van der Waals surface area contributed by atoms with E-state index in [1.54, 1.807) is 17.9 Å². The van der Waals surface area contributed by atoms with Crippen molar-refractivity contribution in [2.75, 3.05) is 13.1 Å². The molecule has 122 valence electrons. The van der Waals surface area contributed by atoms with E-state index in [4.69, 9.17) is 5.11 Å². The number of carboxylic acids is 1. The number of carboxylic acid groups (broad SMARTS) is 1. The van der Waals surface area contributed by atoms with Crippen molar-refractivity contribution in [1.82, 2.24) is 9.47 Å².